The van der Waals surface area contributed by atoms with Crippen LogP contribution in [0.5, 0.6) is 0 Å². The Morgan fingerprint density at radius 2 is 1.18 bits per heavy atom. The standard InChI is InChI=1S/C21H18FN5O2S.C20H18N4OS.CH4/c1-12-9-14(11-25-17(12)23-2)26-19(29)21(7-4-8-21)27(20(26)30)13-5-6-15(16(22)10-13)18(28)24-3;1-13-5-7-15(8-6-13)24-19(26)23(18(25)20(24)9-4-10-20)16-11-14(2)17(21-3)22-12-16;/h5-6,9-11H,4,7-8H2,1,3H3,(H,24,28);5-8,11-12H,4,9-10H2,1-2H3;1H4. The summed E-state index contributed by atoms with van der Waals surface area (Å²) < 4.78 is 14.6. The number of aromatic nitrogens is 2. The van der Waals surface area contributed by atoms with E-state index >= 15 is 0 Å². The molecular formula is C42H40FN9O3S2. The van der Waals surface area contributed by atoms with E-state index in [0.717, 1.165) is 36.9 Å². The molecular weight excluding hydrogens is 762 g/mol. The maximum atomic E-state index is 14.6. The lowest BCUT2D eigenvalue weighted by Crippen LogP contribution is -2.55. The maximum Gasteiger partial charge on any atom is 0.272 e. The molecule has 3 amide bonds. The van der Waals surface area contributed by atoms with Crippen LogP contribution in [0.3, 0.4) is 0 Å². The van der Waals surface area contributed by atoms with Crippen LogP contribution in [-0.2, 0) is 9.59 Å². The first-order chi connectivity index (χ1) is 26.8. The minimum atomic E-state index is -0.871. The van der Waals surface area contributed by atoms with Crippen molar-refractivity contribution in [2.24, 2.45) is 0 Å². The second kappa shape index (κ2) is 15.4. The minimum Gasteiger partial charge on any atom is -0.360 e. The smallest absolute Gasteiger partial charge is 0.272 e. The molecule has 8 rings (SSSR count). The molecule has 2 spiro atoms. The van der Waals surface area contributed by atoms with Crippen molar-refractivity contribution in [3.05, 3.63) is 118 Å². The quantitative estimate of drug-likeness (QED) is 0.157. The van der Waals surface area contributed by atoms with Gasteiger partial charge in [0.1, 0.15) is 29.3 Å². The number of rotatable bonds is 5. The number of carbonyl (C=O) groups is 3. The third kappa shape index (κ3) is 6.46. The average Bonchev–Trinajstić information content (AvgIpc) is 3.54. The number of hydrogen-bond donors (Lipinski definition) is 1. The topological polar surface area (TPSA) is 111 Å². The van der Waals surface area contributed by atoms with E-state index in [2.05, 4.69) is 25.0 Å². The Hall–Kier alpha value is -6.16. The summed E-state index contributed by atoms with van der Waals surface area (Å²) in [7, 11) is 1.43. The van der Waals surface area contributed by atoms with E-state index in [1.165, 1.54) is 35.8 Å². The summed E-state index contributed by atoms with van der Waals surface area (Å²) in [4.78, 5) is 60.3. The van der Waals surface area contributed by atoms with Crippen LogP contribution in [0, 0.1) is 39.7 Å². The summed E-state index contributed by atoms with van der Waals surface area (Å²) in [6.07, 6.45) is 7.66. The zero-order valence-electron chi connectivity index (χ0n) is 31.1. The van der Waals surface area contributed by atoms with Crippen molar-refractivity contribution >= 4 is 86.8 Å². The Morgan fingerprint density at radius 1 is 0.737 bits per heavy atom. The fraction of sp³-hybridized carbons (Fsp3) is 0.310. The number of benzene rings is 2. The zero-order chi connectivity index (χ0) is 40.1. The fourth-order valence-electron chi connectivity index (χ4n) is 7.66. The number of aryl methyl sites for hydroxylation is 3. The van der Waals surface area contributed by atoms with Crippen molar-refractivity contribution in [2.45, 2.75) is 77.8 Å². The Balaban J connectivity index is 0.000000191. The van der Waals surface area contributed by atoms with Crippen LogP contribution in [-0.4, -0.2) is 56.0 Å². The number of amides is 3. The highest BCUT2D eigenvalue weighted by molar-refractivity contribution is 7.81. The van der Waals surface area contributed by atoms with E-state index in [1.807, 2.05) is 49.1 Å². The van der Waals surface area contributed by atoms with Gasteiger partial charge in [-0.3, -0.25) is 24.2 Å². The number of anilines is 4. The van der Waals surface area contributed by atoms with Gasteiger partial charge < -0.3 is 24.8 Å². The van der Waals surface area contributed by atoms with E-state index < -0.39 is 22.8 Å². The summed E-state index contributed by atoms with van der Waals surface area (Å²) in [6.45, 7) is 19.9. The van der Waals surface area contributed by atoms with Gasteiger partial charge in [0.05, 0.1) is 16.9 Å². The highest BCUT2D eigenvalue weighted by Crippen LogP contribution is 2.49. The number of nitrogens with one attached hydrogen (secondary N) is 1. The van der Waals surface area contributed by atoms with Crippen LogP contribution < -0.4 is 24.9 Å². The number of carbonyl (C=O) groups excluding carboxylic acids is 3. The molecule has 12 nitrogen and oxygen atoms in total. The van der Waals surface area contributed by atoms with E-state index in [-0.39, 0.29) is 35.7 Å². The molecule has 2 aliphatic carbocycles. The van der Waals surface area contributed by atoms with Crippen molar-refractivity contribution in [3.8, 4) is 0 Å². The lowest BCUT2D eigenvalue weighted by Gasteiger charge is -2.43. The molecule has 4 aromatic rings. The maximum absolute atomic E-state index is 14.6. The third-order valence-electron chi connectivity index (χ3n) is 11.0. The van der Waals surface area contributed by atoms with E-state index in [1.54, 1.807) is 35.1 Å². The summed E-state index contributed by atoms with van der Waals surface area (Å²) in [5.74, 6) is -0.787. The molecule has 4 aliphatic rings. The predicted molar refractivity (Wildman–Crippen MR) is 226 cm³/mol. The summed E-state index contributed by atoms with van der Waals surface area (Å²) in [5, 5.41) is 3.11. The van der Waals surface area contributed by atoms with Gasteiger partial charge >= 0.3 is 0 Å². The first-order valence-electron chi connectivity index (χ1n) is 18.0. The molecule has 2 aromatic heterocycles. The van der Waals surface area contributed by atoms with Gasteiger partial charge in [-0.25, -0.2) is 4.39 Å². The van der Waals surface area contributed by atoms with Crippen LogP contribution in [0.2, 0.25) is 0 Å². The van der Waals surface area contributed by atoms with Crippen LogP contribution in [0.15, 0.2) is 67.0 Å². The lowest BCUT2D eigenvalue weighted by molar-refractivity contribution is -0.124. The number of hydrogen-bond acceptors (Lipinski definition) is 7. The molecule has 0 unspecified atom stereocenters. The van der Waals surface area contributed by atoms with Crippen molar-refractivity contribution in [2.75, 3.05) is 26.6 Å². The molecule has 2 aromatic carbocycles. The second-order valence-corrected chi connectivity index (χ2v) is 15.0. The first kappa shape index (κ1) is 40.5. The Morgan fingerprint density at radius 3 is 1.54 bits per heavy atom. The molecule has 0 radical (unpaired) electrons. The molecule has 0 atom stereocenters. The molecule has 0 bridgehead atoms. The Bertz CT molecular complexity index is 2430. The van der Waals surface area contributed by atoms with Gasteiger partial charge in [0, 0.05) is 18.4 Å². The largest absolute Gasteiger partial charge is 0.360 e. The van der Waals surface area contributed by atoms with Crippen LogP contribution in [0.25, 0.3) is 9.69 Å². The van der Waals surface area contributed by atoms with Gasteiger partial charge in [-0.2, -0.15) is 0 Å². The molecule has 2 aliphatic heterocycles. The molecule has 290 valence electrons. The van der Waals surface area contributed by atoms with E-state index in [4.69, 9.17) is 37.6 Å². The van der Waals surface area contributed by atoms with Crippen molar-refractivity contribution < 1.29 is 18.8 Å². The van der Waals surface area contributed by atoms with Gasteiger partial charge in [0.25, 0.3) is 29.4 Å². The van der Waals surface area contributed by atoms with Crippen molar-refractivity contribution in [1.29, 1.82) is 0 Å². The first-order valence-corrected chi connectivity index (χ1v) is 18.8. The zero-order valence-corrected chi connectivity index (χ0v) is 32.7. The molecule has 57 heavy (non-hydrogen) atoms. The third-order valence-corrected chi connectivity index (χ3v) is 11.7. The minimum absolute atomic E-state index is 0. The highest BCUT2D eigenvalue weighted by atomic mass is 32.1. The van der Waals surface area contributed by atoms with Crippen molar-refractivity contribution in [3.63, 3.8) is 0 Å². The van der Waals surface area contributed by atoms with Gasteiger partial charge in [-0.1, -0.05) is 38.3 Å². The number of nitrogens with zero attached hydrogens (tertiary/aromatic N) is 8. The van der Waals surface area contributed by atoms with Crippen LogP contribution in [0.4, 0.5) is 38.8 Å². The summed E-state index contributed by atoms with van der Waals surface area (Å²) >= 11 is 11.4. The van der Waals surface area contributed by atoms with Gasteiger partial charge in [-0.05, 0) is 137 Å². The normalized spacial score (nSPS) is 17.3. The predicted octanol–water partition coefficient (Wildman–Crippen LogP) is 8.45. The number of thiocarbonyl (C=S) groups is 2. The molecule has 1 N–H and O–H groups in total. The highest BCUT2D eigenvalue weighted by Gasteiger charge is 2.61. The summed E-state index contributed by atoms with van der Waals surface area (Å²) in [5.41, 5.74) is 3.48. The van der Waals surface area contributed by atoms with Gasteiger partial charge in [0.2, 0.25) is 0 Å². The van der Waals surface area contributed by atoms with Crippen LogP contribution in [0.1, 0.15) is 73.0 Å². The molecule has 4 fully saturated rings. The second-order valence-electron chi connectivity index (χ2n) is 14.3. The van der Waals surface area contributed by atoms with Gasteiger partial charge in [0.15, 0.2) is 10.2 Å². The van der Waals surface area contributed by atoms with Crippen LogP contribution >= 0.6 is 24.4 Å². The Kier molecular flexibility index (Phi) is 10.9. The molecule has 15 heteroatoms. The molecule has 2 saturated heterocycles. The lowest BCUT2D eigenvalue weighted by atomic mass is 9.75. The molecule has 4 heterocycles. The number of pyridine rings is 2. The Labute approximate surface area is 341 Å². The van der Waals surface area contributed by atoms with Gasteiger partial charge in [-0.15, -0.1) is 9.97 Å². The average molecular weight is 802 g/mol. The van der Waals surface area contributed by atoms with Crippen molar-refractivity contribution in [1.82, 2.24) is 15.3 Å². The van der Waals surface area contributed by atoms with E-state index in [0.29, 0.717) is 46.4 Å². The molecule has 2 saturated carbocycles. The monoisotopic (exact) mass is 801 g/mol. The van der Waals surface area contributed by atoms with E-state index in [9.17, 15) is 18.8 Å². The fourth-order valence-corrected chi connectivity index (χ4v) is 8.59. The SMILES string of the molecule is C.[C-]#[N+]c1ncc(N2C(=O)C3(CCC3)N(c3ccc(C(=O)NC)c(F)c3)C2=S)cc1C.[C-]#[N+]c1ncc(N2C(=O)C3(CCC3)N(c3ccc(C)cc3)C2=S)cc1C. The summed E-state index contributed by atoms with van der Waals surface area (Å²) in [6, 6.07) is 15.9. The number of halogens is 1.